The summed E-state index contributed by atoms with van der Waals surface area (Å²) in [6.45, 7) is 0. The molecule has 2 aromatic rings. The summed E-state index contributed by atoms with van der Waals surface area (Å²) in [5.41, 5.74) is 0.622. The van der Waals surface area contributed by atoms with E-state index in [1.165, 1.54) is 34.3 Å². The Morgan fingerprint density at radius 2 is 1.84 bits per heavy atom. The quantitative estimate of drug-likeness (QED) is 0.824. The van der Waals surface area contributed by atoms with E-state index in [-0.39, 0.29) is 26.7 Å². The number of sulfonamides is 1. The number of thioether (sulfide) groups is 1. The highest BCUT2D eigenvalue weighted by Crippen LogP contribution is 2.32. The lowest BCUT2D eigenvalue weighted by Gasteiger charge is -2.22. The van der Waals surface area contributed by atoms with Gasteiger partial charge in [0, 0.05) is 11.4 Å². The van der Waals surface area contributed by atoms with Crippen LogP contribution in [-0.2, 0) is 14.8 Å². The van der Waals surface area contributed by atoms with Crippen molar-refractivity contribution in [2.24, 2.45) is 0 Å². The molecule has 0 aliphatic carbocycles. The Morgan fingerprint density at radius 1 is 1.12 bits per heavy atom. The molecule has 0 bridgehead atoms. The molecule has 2 aromatic carbocycles. The second-order valence-corrected chi connectivity index (χ2v) is 9.04. The number of para-hydroxylation sites is 1. The van der Waals surface area contributed by atoms with Crippen molar-refractivity contribution in [3.8, 4) is 0 Å². The molecule has 132 valence electrons. The lowest BCUT2D eigenvalue weighted by Crippen LogP contribution is -2.44. The van der Waals surface area contributed by atoms with E-state index < -0.39 is 16.1 Å². The van der Waals surface area contributed by atoms with Crippen LogP contribution in [0.2, 0.25) is 10.0 Å². The summed E-state index contributed by atoms with van der Waals surface area (Å²) in [4.78, 5) is 12.6. The number of nitrogens with one attached hydrogen (secondary N) is 1. The van der Waals surface area contributed by atoms with E-state index in [1.54, 1.807) is 24.3 Å². The molecule has 1 aliphatic heterocycles. The maximum Gasteiger partial charge on any atom is 0.244 e. The lowest BCUT2D eigenvalue weighted by atomic mass is 10.3. The van der Waals surface area contributed by atoms with Crippen LogP contribution in [0.4, 0.5) is 5.69 Å². The molecule has 0 saturated carbocycles. The minimum absolute atomic E-state index is 0.0157. The summed E-state index contributed by atoms with van der Waals surface area (Å²) in [5.74, 6) is 0.231. The highest BCUT2D eigenvalue weighted by Gasteiger charge is 2.40. The Bertz CT molecular complexity index is 892. The summed E-state index contributed by atoms with van der Waals surface area (Å²) < 4.78 is 27.0. The van der Waals surface area contributed by atoms with E-state index in [0.717, 1.165) is 0 Å². The molecule has 1 amide bonds. The standard InChI is InChI=1S/C16H14Cl2N2O3S2/c17-13-7-6-12(8-14(13)18)25(22,23)20-10-24-9-15(20)16(21)19-11-4-2-1-3-5-11/h1-8,15H,9-10H2,(H,19,21)/t15-/m1/s1. The minimum Gasteiger partial charge on any atom is -0.325 e. The van der Waals surface area contributed by atoms with Crippen molar-refractivity contribution in [2.75, 3.05) is 16.9 Å². The number of benzene rings is 2. The molecule has 1 saturated heterocycles. The molecule has 1 N–H and O–H groups in total. The van der Waals surface area contributed by atoms with Gasteiger partial charge in [0.15, 0.2) is 0 Å². The summed E-state index contributed by atoms with van der Waals surface area (Å²) in [6, 6.07) is 12.3. The van der Waals surface area contributed by atoms with Crippen LogP contribution in [-0.4, -0.2) is 36.3 Å². The first kappa shape index (κ1) is 18.5. The van der Waals surface area contributed by atoms with Gasteiger partial charge in [0.25, 0.3) is 0 Å². The molecule has 1 heterocycles. The van der Waals surface area contributed by atoms with E-state index >= 15 is 0 Å². The Morgan fingerprint density at radius 3 is 2.52 bits per heavy atom. The van der Waals surface area contributed by atoms with Gasteiger partial charge in [-0.2, -0.15) is 4.31 Å². The number of hydrogen-bond donors (Lipinski definition) is 1. The Kier molecular flexibility index (Phi) is 5.60. The average Bonchev–Trinajstić information content (AvgIpc) is 3.09. The third-order valence-electron chi connectivity index (χ3n) is 3.68. The van der Waals surface area contributed by atoms with Crippen LogP contribution in [0.3, 0.4) is 0 Å². The third kappa shape index (κ3) is 3.96. The predicted octanol–water partition coefficient (Wildman–Crippen LogP) is 3.70. The van der Waals surface area contributed by atoms with E-state index in [1.807, 2.05) is 6.07 Å². The van der Waals surface area contributed by atoms with Gasteiger partial charge in [-0.15, -0.1) is 11.8 Å². The Labute approximate surface area is 160 Å². The molecule has 5 nitrogen and oxygen atoms in total. The normalized spacial score (nSPS) is 18.2. The number of anilines is 1. The largest absolute Gasteiger partial charge is 0.325 e. The molecular formula is C16H14Cl2N2O3S2. The maximum absolute atomic E-state index is 12.9. The first-order valence-electron chi connectivity index (χ1n) is 7.30. The fourth-order valence-corrected chi connectivity index (χ4v) is 5.93. The molecule has 3 rings (SSSR count). The van der Waals surface area contributed by atoms with Crippen molar-refractivity contribution in [3.05, 3.63) is 58.6 Å². The molecule has 0 spiro atoms. The van der Waals surface area contributed by atoms with E-state index in [0.29, 0.717) is 11.4 Å². The van der Waals surface area contributed by atoms with Gasteiger partial charge >= 0.3 is 0 Å². The van der Waals surface area contributed by atoms with Crippen LogP contribution in [0, 0.1) is 0 Å². The first-order valence-corrected chi connectivity index (χ1v) is 10.7. The first-order chi connectivity index (χ1) is 11.9. The number of hydrogen-bond acceptors (Lipinski definition) is 4. The van der Waals surface area contributed by atoms with Gasteiger partial charge < -0.3 is 5.32 Å². The van der Waals surface area contributed by atoms with Crippen molar-refractivity contribution in [2.45, 2.75) is 10.9 Å². The SMILES string of the molecule is O=C(Nc1ccccc1)[C@H]1CSCN1S(=O)(=O)c1ccc(Cl)c(Cl)c1. The van der Waals surface area contributed by atoms with Gasteiger partial charge in [0.2, 0.25) is 15.9 Å². The number of rotatable bonds is 4. The fraction of sp³-hybridized carbons (Fsp3) is 0.188. The van der Waals surface area contributed by atoms with Gasteiger partial charge in [0.1, 0.15) is 6.04 Å². The molecule has 9 heteroatoms. The van der Waals surface area contributed by atoms with Crippen LogP contribution in [0.25, 0.3) is 0 Å². The number of amides is 1. The minimum atomic E-state index is -3.86. The Hall–Kier alpha value is -1.25. The lowest BCUT2D eigenvalue weighted by molar-refractivity contribution is -0.118. The van der Waals surface area contributed by atoms with Crippen LogP contribution >= 0.6 is 35.0 Å². The second kappa shape index (κ2) is 7.55. The highest BCUT2D eigenvalue weighted by molar-refractivity contribution is 8.00. The molecule has 0 radical (unpaired) electrons. The molecule has 0 unspecified atom stereocenters. The third-order valence-corrected chi connectivity index (χ3v) is 7.45. The molecule has 0 aromatic heterocycles. The Balaban J connectivity index is 1.85. The van der Waals surface area contributed by atoms with Gasteiger partial charge in [-0.1, -0.05) is 41.4 Å². The zero-order valence-corrected chi connectivity index (χ0v) is 16.0. The molecule has 25 heavy (non-hydrogen) atoms. The maximum atomic E-state index is 12.9. The second-order valence-electron chi connectivity index (χ2n) is 5.34. The van der Waals surface area contributed by atoms with Crippen LogP contribution in [0.1, 0.15) is 0 Å². The van der Waals surface area contributed by atoms with Crippen molar-refractivity contribution in [3.63, 3.8) is 0 Å². The van der Waals surface area contributed by atoms with E-state index in [2.05, 4.69) is 5.32 Å². The summed E-state index contributed by atoms with van der Waals surface area (Å²) in [6.07, 6.45) is 0. The van der Waals surface area contributed by atoms with Crippen LogP contribution in [0.5, 0.6) is 0 Å². The van der Waals surface area contributed by atoms with E-state index in [4.69, 9.17) is 23.2 Å². The highest BCUT2D eigenvalue weighted by atomic mass is 35.5. The van der Waals surface area contributed by atoms with Crippen molar-refractivity contribution in [1.82, 2.24) is 4.31 Å². The topological polar surface area (TPSA) is 66.5 Å². The summed E-state index contributed by atoms with van der Waals surface area (Å²) in [7, 11) is -3.86. The number of carbonyl (C=O) groups excluding carboxylic acids is 1. The molecular weight excluding hydrogens is 403 g/mol. The molecule has 1 aliphatic rings. The van der Waals surface area contributed by atoms with E-state index in [9.17, 15) is 13.2 Å². The zero-order chi connectivity index (χ0) is 18.0. The van der Waals surface area contributed by atoms with Gasteiger partial charge in [-0.05, 0) is 30.3 Å². The van der Waals surface area contributed by atoms with Crippen LogP contribution in [0.15, 0.2) is 53.4 Å². The smallest absolute Gasteiger partial charge is 0.244 e. The number of halogens is 2. The van der Waals surface area contributed by atoms with Gasteiger partial charge in [0.05, 0.1) is 20.8 Å². The van der Waals surface area contributed by atoms with Gasteiger partial charge in [-0.3, -0.25) is 4.79 Å². The fourth-order valence-electron chi connectivity index (χ4n) is 2.39. The molecule has 1 fully saturated rings. The van der Waals surface area contributed by atoms with Crippen molar-refractivity contribution >= 4 is 56.6 Å². The predicted molar refractivity (Wildman–Crippen MR) is 102 cm³/mol. The number of nitrogens with zero attached hydrogens (tertiary/aromatic N) is 1. The van der Waals surface area contributed by atoms with Crippen molar-refractivity contribution in [1.29, 1.82) is 0 Å². The monoisotopic (exact) mass is 416 g/mol. The van der Waals surface area contributed by atoms with Gasteiger partial charge in [-0.25, -0.2) is 8.42 Å². The summed E-state index contributed by atoms with van der Waals surface area (Å²) in [5, 5.41) is 3.18. The number of carbonyl (C=O) groups is 1. The van der Waals surface area contributed by atoms with Crippen molar-refractivity contribution < 1.29 is 13.2 Å². The zero-order valence-electron chi connectivity index (χ0n) is 12.9. The average molecular weight is 417 g/mol. The summed E-state index contributed by atoms with van der Waals surface area (Å²) >= 11 is 13.2. The molecule has 1 atom stereocenters. The van der Waals surface area contributed by atoms with Crippen LogP contribution < -0.4 is 5.32 Å².